The van der Waals surface area contributed by atoms with Gasteiger partial charge in [0.2, 0.25) is 0 Å². The summed E-state index contributed by atoms with van der Waals surface area (Å²) >= 11 is 0. The molecule has 0 aliphatic heterocycles. The first-order chi connectivity index (χ1) is 13.9. The molecule has 3 aromatic carbocycles. The van der Waals surface area contributed by atoms with Crippen LogP contribution in [0.15, 0.2) is 78.0 Å². The molecule has 0 fully saturated rings. The van der Waals surface area contributed by atoms with E-state index in [1.54, 1.807) is 48.5 Å². The van der Waals surface area contributed by atoms with Gasteiger partial charge in [0.05, 0.1) is 4.90 Å². The number of fused-ring (bicyclic) bond motifs is 1. The van der Waals surface area contributed by atoms with E-state index in [1.807, 2.05) is 0 Å². The van der Waals surface area contributed by atoms with Gasteiger partial charge in [0.1, 0.15) is 35.0 Å². The molecule has 0 saturated heterocycles. The minimum Gasteiger partial charge on any atom is -0.457 e. The molecule has 146 valence electrons. The van der Waals surface area contributed by atoms with Gasteiger partial charge in [-0.05, 0) is 60.7 Å². The lowest BCUT2D eigenvalue weighted by atomic mass is 10.2. The first-order valence-electron chi connectivity index (χ1n) is 8.64. The summed E-state index contributed by atoms with van der Waals surface area (Å²) in [6, 6.07) is 18.0. The molecular weight excluding hydrogens is 393 g/mol. The maximum atomic E-state index is 13.9. The van der Waals surface area contributed by atoms with Crippen molar-refractivity contribution in [1.29, 1.82) is 0 Å². The lowest BCUT2D eigenvalue weighted by molar-refractivity contribution is 0.482. The molecule has 0 radical (unpaired) electrons. The Morgan fingerprint density at radius 1 is 0.897 bits per heavy atom. The van der Waals surface area contributed by atoms with E-state index in [4.69, 9.17) is 4.74 Å². The summed E-state index contributed by atoms with van der Waals surface area (Å²) in [5, 5.41) is 3.73. The summed E-state index contributed by atoms with van der Waals surface area (Å²) in [5.41, 5.74) is 0.997. The van der Waals surface area contributed by atoms with E-state index in [2.05, 4.69) is 15.3 Å². The van der Waals surface area contributed by atoms with Crippen molar-refractivity contribution >= 4 is 32.2 Å². The minimum atomic E-state index is -3.24. The Hall–Kier alpha value is -3.52. The fourth-order valence-electron chi connectivity index (χ4n) is 2.79. The molecule has 0 saturated carbocycles. The monoisotopic (exact) mass is 409 g/mol. The van der Waals surface area contributed by atoms with Crippen LogP contribution < -0.4 is 10.1 Å². The summed E-state index contributed by atoms with van der Waals surface area (Å²) in [5.74, 6) is 1.20. The molecular formula is C21H16FN3O3S. The highest BCUT2D eigenvalue weighted by molar-refractivity contribution is 7.90. The number of anilines is 2. The Balaban J connectivity index is 1.51. The number of aromatic nitrogens is 2. The number of para-hydroxylation sites is 1. The minimum absolute atomic E-state index is 0.234. The van der Waals surface area contributed by atoms with Gasteiger partial charge < -0.3 is 10.1 Å². The number of halogens is 1. The fourth-order valence-corrected chi connectivity index (χ4v) is 3.42. The number of nitrogens with one attached hydrogen (secondary N) is 1. The van der Waals surface area contributed by atoms with Gasteiger partial charge in [-0.2, -0.15) is 0 Å². The van der Waals surface area contributed by atoms with Crippen molar-refractivity contribution in [2.45, 2.75) is 4.90 Å². The molecule has 0 atom stereocenters. The van der Waals surface area contributed by atoms with Gasteiger partial charge in [0.25, 0.3) is 0 Å². The van der Waals surface area contributed by atoms with Gasteiger partial charge in [-0.1, -0.05) is 6.07 Å². The standard InChI is InChI=1S/C21H16FN3O3S/c1-29(26,27)17-11-9-16(10-12-17)28-15-7-5-14(6-8-15)25-21-18-3-2-4-19(22)20(18)23-13-24-21/h2-13H,1H3,(H,23,24,25). The van der Waals surface area contributed by atoms with Crippen molar-refractivity contribution in [2.75, 3.05) is 11.6 Å². The number of benzene rings is 3. The van der Waals surface area contributed by atoms with E-state index in [1.165, 1.54) is 24.5 Å². The molecule has 0 amide bonds. The average Bonchev–Trinajstić information content (AvgIpc) is 2.70. The van der Waals surface area contributed by atoms with Gasteiger partial charge >= 0.3 is 0 Å². The molecule has 8 heteroatoms. The predicted molar refractivity (Wildman–Crippen MR) is 109 cm³/mol. The molecule has 0 aliphatic carbocycles. The summed E-state index contributed by atoms with van der Waals surface area (Å²) in [6.07, 6.45) is 2.47. The number of hydrogen-bond donors (Lipinski definition) is 1. The zero-order valence-corrected chi connectivity index (χ0v) is 16.2. The van der Waals surface area contributed by atoms with E-state index >= 15 is 0 Å². The van der Waals surface area contributed by atoms with Crippen LogP contribution in [-0.2, 0) is 9.84 Å². The lowest BCUT2D eigenvalue weighted by Gasteiger charge is -2.10. The summed E-state index contributed by atoms with van der Waals surface area (Å²) in [4.78, 5) is 8.41. The highest BCUT2D eigenvalue weighted by Crippen LogP contribution is 2.27. The number of hydrogen-bond acceptors (Lipinski definition) is 6. The van der Waals surface area contributed by atoms with Crippen LogP contribution in [-0.4, -0.2) is 24.6 Å². The largest absolute Gasteiger partial charge is 0.457 e. The van der Waals surface area contributed by atoms with Crippen LogP contribution in [0.25, 0.3) is 10.9 Å². The third-order valence-corrected chi connectivity index (χ3v) is 5.35. The number of sulfone groups is 1. The second-order valence-electron chi connectivity index (χ2n) is 6.35. The van der Waals surface area contributed by atoms with Crippen molar-refractivity contribution in [1.82, 2.24) is 9.97 Å². The molecule has 1 heterocycles. The number of rotatable bonds is 5. The van der Waals surface area contributed by atoms with E-state index in [0.717, 1.165) is 11.9 Å². The lowest BCUT2D eigenvalue weighted by Crippen LogP contribution is -1.97. The first-order valence-corrected chi connectivity index (χ1v) is 10.5. The summed E-state index contributed by atoms with van der Waals surface area (Å²) < 4.78 is 42.7. The van der Waals surface area contributed by atoms with Crippen molar-refractivity contribution in [3.05, 3.63) is 78.9 Å². The quantitative estimate of drug-likeness (QED) is 0.514. The van der Waals surface area contributed by atoms with Crippen LogP contribution in [0, 0.1) is 5.82 Å². The molecule has 6 nitrogen and oxygen atoms in total. The molecule has 1 aromatic heterocycles. The topological polar surface area (TPSA) is 81.2 Å². The van der Waals surface area contributed by atoms with E-state index in [0.29, 0.717) is 22.7 Å². The Morgan fingerprint density at radius 2 is 1.55 bits per heavy atom. The van der Waals surface area contributed by atoms with Crippen molar-refractivity contribution in [2.24, 2.45) is 0 Å². The van der Waals surface area contributed by atoms with Crippen molar-refractivity contribution < 1.29 is 17.5 Å². The molecule has 0 spiro atoms. The molecule has 0 bridgehead atoms. The zero-order chi connectivity index (χ0) is 20.4. The molecule has 1 N–H and O–H groups in total. The van der Waals surface area contributed by atoms with Crippen LogP contribution in [0.1, 0.15) is 0 Å². The van der Waals surface area contributed by atoms with Gasteiger partial charge in [-0.25, -0.2) is 22.8 Å². The van der Waals surface area contributed by atoms with E-state index in [9.17, 15) is 12.8 Å². The normalized spacial score (nSPS) is 11.4. The van der Waals surface area contributed by atoms with Crippen molar-refractivity contribution in [3.63, 3.8) is 0 Å². The van der Waals surface area contributed by atoms with Crippen LogP contribution in [0.3, 0.4) is 0 Å². The first kappa shape index (κ1) is 18.8. The number of nitrogens with zero attached hydrogens (tertiary/aromatic N) is 2. The second kappa shape index (κ2) is 7.48. The number of ether oxygens (including phenoxy) is 1. The third kappa shape index (κ3) is 4.17. The molecule has 0 unspecified atom stereocenters. The average molecular weight is 409 g/mol. The summed E-state index contributed by atoms with van der Waals surface area (Å²) in [6.45, 7) is 0. The van der Waals surface area contributed by atoms with Crippen LogP contribution in [0.4, 0.5) is 15.9 Å². The molecule has 0 aliphatic rings. The third-order valence-electron chi connectivity index (χ3n) is 4.22. The van der Waals surface area contributed by atoms with Gasteiger partial charge in [-0.15, -0.1) is 0 Å². The van der Waals surface area contributed by atoms with Crippen LogP contribution >= 0.6 is 0 Å². The van der Waals surface area contributed by atoms with Crippen LogP contribution in [0.5, 0.6) is 11.5 Å². The molecule has 4 rings (SSSR count). The zero-order valence-electron chi connectivity index (χ0n) is 15.3. The van der Waals surface area contributed by atoms with Gasteiger partial charge in [0, 0.05) is 17.3 Å². The maximum absolute atomic E-state index is 13.9. The fraction of sp³-hybridized carbons (Fsp3) is 0.0476. The second-order valence-corrected chi connectivity index (χ2v) is 8.37. The van der Waals surface area contributed by atoms with E-state index < -0.39 is 15.7 Å². The predicted octanol–water partition coefficient (Wildman–Crippen LogP) is 4.71. The van der Waals surface area contributed by atoms with E-state index in [-0.39, 0.29) is 10.4 Å². The van der Waals surface area contributed by atoms with Gasteiger partial charge in [-0.3, -0.25) is 0 Å². The molecule has 29 heavy (non-hydrogen) atoms. The Bertz CT molecular complexity index is 1280. The van der Waals surface area contributed by atoms with Crippen LogP contribution in [0.2, 0.25) is 0 Å². The maximum Gasteiger partial charge on any atom is 0.175 e. The Labute approximate surface area is 166 Å². The SMILES string of the molecule is CS(=O)(=O)c1ccc(Oc2ccc(Nc3ncnc4c(F)cccc34)cc2)cc1. The summed E-state index contributed by atoms with van der Waals surface area (Å²) in [7, 11) is -3.24. The van der Waals surface area contributed by atoms with Gasteiger partial charge in [0.15, 0.2) is 9.84 Å². The molecule has 4 aromatic rings. The highest BCUT2D eigenvalue weighted by Gasteiger charge is 2.09. The smallest absolute Gasteiger partial charge is 0.175 e. The Kier molecular flexibility index (Phi) is 4.85. The Morgan fingerprint density at radius 3 is 2.21 bits per heavy atom. The van der Waals surface area contributed by atoms with Crippen molar-refractivity contribution in [3.8, 4) is 11.5 Å². The highest BCUT2D eigenvalue weighted by atomic mass is 32.2.